The highest BCUT2D eigenvalue weighted by Gasteiger charge is 2.44. The van der Waals surface area contributed by atoms with E-state index in [1.54, 1.807) is 4.90 Å². The molecule has 0 aromatic heterocycles. The van der Waals surface area contributed by atoms with Gasteiger partial charge in [0.05, 0.1) is 17.7 Å². The fraction of sp³-hybridized carbons (Fsp3) is 0.321. The fourth-order valence-corrected chi connectivity index (χ4v) is 5.06. The number of alkyl halides is 6. The van der Waals surface area contributed by atoms with Crippen molar-refractivity contribution in [3.63, 3.8) is 0 Å². The summed E-state index contributed by atoms with van der Waals surface area (Å²) in [6.07, 6.45) is -8.56. The van der Waals surface area contributed by atoms with Crippen LogP contribution in [0.2, 0.25) is 0 Å². The minimum absolute atomic E-state index is 0.00739. The SMILES string of the molecule is NCc1ccc2c(c1)C1(CCN(C(=O)c3ccc(Oc4cc(C(F)(F)F)cc(C(F)(F)F)c4)cc3)CC1)CO2. The van der Waals surface area contributed by atoms with Crippen LogP contribution in [0.5, 0.6) is 17.2 Å². The number of ether oxygens (including phenoxy) is 2. The predicted molar refractivity (Wildman–Crippen MR) is 130 cm³/mol. The van der Waals surface area contributed by atoms with E-state index in [0.29, 0.717) is 56.8 Å². The van der Waals surface area contributed by atoms with Crippen LogP contribution in [-0.4, -0.2) is 30.5 Å². The number of fused-ring (bicyclic) bond motifs is 2. The fourth-order valence-electron chi connectivity index (χ4n) is 5.06. The molecular formula is C28H24F6N2O3. The van der Waals surface area contributed by atoms with Gasteiger partial charge in [-0.1, -0.05) is 12.1 Å². The first-order valence-corrected chi connectivity index (χ1v) is 12.2. The van der Waals surface area contributed by atoms with Crippen LogP contribution in [0.25, 0.3) is 0 Å². The number of amides is 1. The van der Waals surface area contributed by atoms with E-state index in [0.717, 1.165) is 16.9 Å². The third-order valence-electron chi connectivity index (χ3n) is 7.26. The number of hydrogen-bond acceptors (Lipinski definition) is 4. The molecule has 11 heteroatoms. The van der Waals surface area contributed by atoms with Gasteiger partial charge < -0.3 is 20.1 Å². The topological polar surface area (TPSA) is 64.8 Å². The Bertz CT molecular complexity index is 1350. The Balaban J connectivity index is 1.27. The number of halogens is 6. The standard InChI is InChI=1S/C28H24F6N2O3/c29-27(30,31)19-12-20(28(32,33)34)14-22(13-19)39-21-4-2-18(3-5-21)25(37)36-9-7-26(8-10-36)16-38-24-6-1-17(15-35)11-23(24)26/h1-6,11-14H,7-10,15-16,35H2. The maximum absolute atomic E-state index is 13.1. The molecule has 5 nitrogen and oxygen atoms in total. The van der Waals surface area contributed by atoms with Crippen molar-refractivity contribution in [3.05, 3.63) is 88.5 Å². The minimum atomic E-state index is -4.98. The summed E-state index contributed by atoms with van der Waals surface area (Å²) in [5, 5.41) is 0. The number of nitrogens with zero attached hydrogens (tertiary/aromatic N) is 1. The van der Waals surface area contributed by atoms with Gasteiger partial charge in [0, 0.05) is 36.2 Å². The van der Waals surface area contributed by atoms with Gasteiger partial charge in [-0.05, 0) is 66.9 Å². The Labute approximate surface area is 220 Å². The molecule has 0 aliphatic carbocycles. The summed E-state index contributed by atoms with van der Waals surface area (Å²) in [4.78, 5) is 14.8. The zero-order valence-corrected chi connectivity index (χ0v) is 20.5. The van der Waals surface area contributed by atoms with Gasteiger partial charge in [-0.15, -0.1) is 0 Å². The minimum Gasteiger partial charge on any atom is -0.492 e. The van der Waals surface area contributed by atoms with Crippen LogP contribution in [0.15, 0.2) is 60.7 Å². The summed E-state index contributed by atoms with van der Waals surface area (Å²) >= 11 is 0. The summed E-state index contributed by atoms with van der Waals surface area (Å²) in [6.45, 7) is 1.95. The van der Waals surface area contributed by atoms with Gasteiger partial charge in [-0.2, -0.15) is 26.3 Å². The summed E-state index contributed by atoms with van der Waals surface area (Å²) in [7, 11) is 0. The smallest absolute Gasteiger partial charge is 0.416 e. The first kappa shape index (κ1) is 26.9. The molecule has 0 bridgehead atoms. The van der Waals surface area contributed by atoms with E-state index in [-0.39, 0.29) is 23.1 Å². The molecule has 2 aliphatic heterocycles. The molecule has 0 saturated carbocycles. The van der Waals surface area contributed by atoms with E-state index in [9.17, 15) is 31.1 Å². The number of nitrogens with two attached hydrogens (primary N) is 1. The second kappa shape index (κ2) is 9.78. The van der Waals surface area contributed by atoms with Crippen molar-refractivity contribution >= 4 is 5.91 Å². The summed E-state index contributed by atoms with van der Waals surface area (Å²) in [6, 6.07) is 12.5. The quantitative estimate of drug-likeness (QED) is 0.375. The molecule has 1 saturated heterocycles. The molecule has 2 aliphatic rings. The highest BCUT2D eigenvalue weighted by Crippen LogP contribution is 2.46. The number of piperidine rings is 1. The van der Waals surface area contributed by atoms with Crippen molar-refractivity contribution < 1.29 is 40.6 Å². The Morgan fingerprint density at radius 3 is 2.05 bits per heavy atom. The van der Waals surface area contributed by atoms with Crippen molar-refractivity contribution in [2.24, 2.45) is 5.73 Å². The van der Waals surface area contributed by atoms with Crippen molar-refractivity contribution in [2.45, 2.75) is 37.2 Å². The third-order valence-corrected chi connectivity index (χ3v) is 7.26. The van der Waals surface area contributed by atoms with E-state index in [2.05, 4.69) is 6.07 Å². The highest BCUT2D eigenvalue weighted by molar-refractivity contribution is 5.94. The summed E-state index contributed by atoms with van der Waals surface area (Å²) < 4.78 is 89.9. The summed E-state index contributed by atoms with van der Waals surface area (Å²) in [5.41, 5.74) is 5.11. The van der Waals surface area contributed by atoms with Crippen LogP contribution in [-0.2, 0) is 24.3 Å². The first-order valence-electron chi connectivity index (χ1n) is 12.2. The number of carbonyl (C=O) groups excluding carboxylic acids is 1. The van der Waals surface area contributed by atoms with E-state index < -0.39 is 29.2 Å². The lowest BCUT2D eigenvalue weighted by atomic mass is 9.74. The first-order chi connectivity index (χ1) is 18.4. The van der Waals surface area contributed by atoms with Gasteiger partial charge in [0.2, 0.25) is 0 Å². The monoisotopic (exact) mass is 550 g/mol. The predicted octanol–water partition coefficient (Wildman–Crippen LogP) is 6.54. The Morgan fingerprint density at radius 1 is 0.872 bits per heavy atom. The van der Waals surface area contributed by atoms with E-state index >= 15 is 0 Å². The van der Waals surface area contributed by atoms with Crippen LogP contribution in [0.1, 0.15) is 45.5 Å². The molecule has 3 aromatic carbocycles. The molecule has 1 fully saturated rings. The van der Waals surface area contributed by atoms with Crippen LogP contribution in [0.4, 0.5) is 26.3 Å². The van der Waals surface area contributed by atoms with Gasteiger partial charge in [-0.25, -0.2) is 0 Å². The van der Waals surface area contributed by atoms with Gasteiger partial charge >= 0.3 is 12.4 Å². The van der Waals surface area contributed by atoms with Crippen molar-refractivity contribution in [3.8, 4) is 17.2 Å². The molecule has 0 atom stereocenters. The van der Waals surface area contributed by atoms with Crippen LogP contribution < -0.4 is 15.2 Å². The average molecular weight is 550 g/mol. The molecule has 39 heavy (non-hydrogen) atoms. The molecule has 2 N–H and O–H groups in total. The molecule has 2 heterocycles. The Hall–Kier alpha value is -3.73. The molecule has 0 unspecified atom stereocenters. The Kier molecular flexibility index (Phi) is 6.74. The van der Waals surface area contributed by atoms with E-state index in [4.69, 9.17) is 15.2 Å². The zero-order valence-electron chi connectivity index (χ0n) is 20.5. The maximum atomic E-state index is 13.1. The number of carbonyl (C=O) groups is 1. The zero-order chi connectivity index (χ0) is 28.0. The number of rotatable bonds is 4. The normalized spacial score (nSPS) is 16.6. The van der Waals surface area contributed by atoms with Gasteiger partial charge in [0.25, 0.3) is 5.91 Å². The van der Waals surface area contributed by atoms with Crippen LogP contribution >= 0.6 is 0 Å². The maximum Gasteiger partial charge on any atom is 0.416 e. The third kappa shape index (κ3) is 5.40. The second-order valence-electron chi connectivity index (χ2n) is 9.76. The lowest BCUT2D eigenvalue weighted by molar-refractivity contribution is -0.143. The van der Waals surface area contributed by atoms with Crippen molar-refractivity contribution in [1.82, 2.24) is 4.90 Å². The van der Waals surface area contributed by atoms with Crippen molar-refractivity contribution in [2.75, 3.05) is 19.7 Å². The van der Waals surface area contributed by atoms with Crippen LogP contribution in [0.3, 0.4) is 0 Å². The summed E-state index contributed by atoms with van der Waals surface area (Å²) in [5.74, 6) is -0.0169. The number of benzene rings is 3. The van der Waals surface area contributed by atoms with Gasteiger partial charge in [0.15, 0.2) is 0 Å². The molecule has 206 valence electrons. The molecule has 5 rings (SSSR count). The largest absolute Gasteiger partial charge is 0.492 e. The Morgan fingerprint density at radius 2 is 1.49 bits per heavy atom. The second-order valence-corrected chi connectivity index (χ2v) is 9.76. The van der Waals surface area contributed by atoms with Crippen molar-refractivity contribution in [1.29, 1.82) is 0 Å². The molecule has 1 spiro atoms. The van der Waals surface area contributed by atoms with Gasteiger partial charge in [0.1, 0.15) is 17.2 Å². The number of likely N-dealkylation sites (tertiary alicyclic amines) is 1. The van der Waals surface area contributed by atoms with E-state index in [1.165, 1.54) is 24.3 Å². The van der Waals surface area contributed by atoms with E-state index in [1.807, 2.05) is 12.1 Å². The number of hydrogen-bond donors (Lipinski definition) is 1. The lowest BCUT2D eigenvalue weighted by Gasteiger charge is -2.38. The molecule has 3 aromatic rings. The average Bonchev–Trinajstić information content (AvgIpc) is 3.25. The van der Waals surface area contributed by atoms with Crippen LogP contribution in [0, 0.1) is 0 Å². The highest BCUT2D eigenvalue weighted by atomic mass is 19.4. The molecular weight excluding hydrogens is 526 g/mol. The lowest BCUT2D eigenvalue weighted by Crippen LogP contribution is -2.46. The van der Waals surface area contributed by atoms with Gasteiger partial charge in [-0.3, -0.25) is 4.79 Å². The molecule has 0 radical (unpaired) electrons. The molecule has 1 amide bonds.